The summed E-state index contributed by atoms with van der Waals surface area (Å²) in [6.45, 7) is 4.65. The van der Waals surface area contributed by atoms with Crippen LogP contribution in [0.25, 0.3) is 10.9 Å². The SMILES string of the molecule is COc1cc2c(Oc3ccc(N(C(C)=O)C(N)=S)cc3F)ccnc2cc1OCCN1CCC(CO)CC1. The van der Waals surface area contributed by atoms with Crippen molar-refractivity contribution in [2.45, 2.75) is 19.8 Å². The Bertz CT molecular complexity index is 1300. The summed E-state index contributed by atoms with van der Waals surface area (Å²) in [4.78, 5) is 19.6. The summed E-state index contributed by atoms with van der Waals surface area (Å²) in [6.07, 6.45) is 3.54. The van der Waals surface area contributed by atoms with Crippen LogP contribution < -0.4 is 24.8 Å². The minimum absolute atomic E-state index is 0.0445. The first-order valence-electron chi connectivity index (χ1n) is 12.3. The molecule has 1 aromatic heterocycles. The minimum atomic E-state index is -0.690. The Hall–Kier alpha value is -3.54. The first-order chi connectivity index (χ1) is 18.3. The molecule has 1 aliphatic rings. The summed E-state index contributed by atoms with van der Waals surface area (Å²) in [7, 11) is 1.55. The highest BCUT2D eigenvalue weighted by Gasteiger charge is 2.20. The van der Waals surface area contributed by atoms with E-state index in [9.17, 15) is 14.3 Å². The topological polar surface area (TPSA) is 110 Å². The van der Waals surface area contributed by atoms with Gasteiger partial charge >= 0.3 is 0 Å². The highest BCUT2D eigenvalue weighted by Crippen LogP contribution is 2.38. The van der Waals surface area contributed by atoms with Crippen molar-refractivity contribution in [2.24, 2.45) is 11.7 Å². The molecule has 2 aromatic carbocycles. The molecule has 1 amide bonds. The number of ether oxygens (including phenoxy) is 3. The molecule has 38 heavy (non-hydrogen) atoms. The predicted octanol–water partition coefficient (Wildman–Crippen LogP) is 3.85. The van der Waals surface area contributed by atoms with Crippen LogP contribution in [0.2, 0.25) is 0 Å². The van der Waals surface area contributed by atoms with Gasteiger partial charge in [-0.2, -0.15) is 0 Å². The number of fused-ring (bicyclic) bond motifs is 1. The second kappa shape index (κ2) is 12.3. The Kier molecular flexibility index (Phi) is 8.93. The summed E-state index contributed by atoms with van der Waals surface area (Å²) in [5.74, 6) is 0.646. The van der Waals surface area contributed by atoms with E-state index in [1.54, 1.807) is 31.5 Å². The van der Waals surface area contributed by atoms with E-state index in [1.165, 1.54) is 19.1 Å². The molecule has 1 aliphatic heterocycles. The number of nitrogens with two attached hydrogens (primary N) is 1. The molecular weight excluding hydrogens is 511 g/mol. The van der Waals surface area contributed by atoms with E-state index in [0.717, 1.165) is 43.4 Å². The summed E-state index contributed by atoms with van der Waals surface area (Å²) in [5.41, 5.74) is 6.40. The Balaban J connectivity index is 1.51. The van der Waals surface area contributed by atoms with Gasteiger partial charge in [0, 0.05) is 43.8 Å². The number of amides is 1. The maximum atomic E-state index is 14.9. The van der Waals surface area contributed by atoms with Crippen molar-refractivity contribution in [1.29, 1.82) is 0 Å². The Morgan fingerprint density at radius 3 is 2.58 bits per heavy atom. The number of aromatic nitrogens is 1. The first-order valence-corrected chi connectivity index (χ1v) is 12.7. The van der Waals surface area contributed by atoms with Gasteiger partial charge in [-0.05, 0) is 68.3 Å². The predicted molar refractivity (Wildman–Crippen MR) is 146 cm³/mol. The zero-order valence-corrected chi connectivity index (χ0v) is 22.2. The fourth-order valence-corrected chi connectivity index (χ4v) is 4.70. The standard InChI is InChI=1S/C27H31FN4O5S/c1-17(34)32(27(29)38)19-3-4-24(21(28)13-19)37-23-5-8-30-22-15-26(25(35-2)14-20(22)23)36-12-11-31-9-6-18(16-33)7-10-31/h3-5,8,13-15,18,33H,6-7,9-12,16H2,1-2H3,(H2,29,38). The van der Waals surface area contributed by atoms with Gasteiger partial charge in [-0.1, -0.05) is 0 Å². The van der Waals surface area contributed by atoms with Crippen molar-refractivity contribution >= 4 is 39.8 Å². The quantitative estimate of drug-likeness (QED) is 0.390. The van der Waals surface area contributed by atoms with Gasteiger partial charge in [0.25, 0.3) is 0 Å². The largest absolute Gasteiger partial charge is 0.493 e. The second-order valence-corrected chi connectivity index (χ2v) is 9.47. The van der Waals surface area contributed by atoms with E-state index < -0.39 is 11.7 Å². The number of pyridine rings is 1. The zero-order valence-electron chi connectivity index (χ0n) is 21.4. The molecule has 0 saturated carbocycles. The Morgan fingerprint density at radius 2 is 1.95 bits per heavy atom. The monoisotopic (exact) mass is 542 g/mol. The lowest BCUT2D eigenvalue weighted by Gasteiger charge is -2.30. The summed E-state index contributed by atoms with van der Waals surface area (Å²) >= 11 is 4.90. The third-order valence-corrected chi connectivity index (χ3v) is 6.73. The van der Waals surface area contributed by atoms with Gasteiger partial charge < -0.3 is 25.1 Å². The van der Waals surface area contributed by atoms with Crippen LogP contribution in [0, 0.1) is 11.7 Å². The lowest BCUT2D eigenvalue weighted by molar-refractivity contribution is -0.115. The molecule has 1 fully saturated rings. The number of likely N-dealkylation sites (tertiary alicyclic amines) is 1. The molecular formula is C27H31FN4O5S. The van der Waals surface area contributed by atoms with Gasteiger partial charge in [0.1, 0.15) is 12.4 Å². The van der Waals surface area contributed by atoms with Crippen LogP contribution in [0.4, 0.5) is 10.1 Å². The van der Waals surface area contributed by atoms with Gasteiger partial charge in [-0.3, -0.25) is 19.6 Å². The van der Waals surface area contributed by atoms with Crippen LogP contribution in [0.3, 0.4) is 0 Å². The van der Waals surface area contributed by atoms with Crippen molar-refractivity contribution in [3.05, 3.63) is 48.4 Å². The number of anilines is 1. The number of methoxy groups -OCH3 is 1. The van der Waals surface area contributed by atoms with Crippen LogP contribution in [0.5, 0.6) is 23.0 Å². The lowest BCUT2D eigenvalue weighted by atomic mass is 9.98. The maximum Gasteiger partial charge on any atom is 0.230 e. The van der Waals surface area contributed by atoms with Crippen LogP contribution in [0.1, 0.15) is 19.8 Å². The molecule has 3 N–H and O–H groups in total. The normalized spacial score (nSPS) is 14.3. The van der Waals surface area contributed by atoms with Gasteiger partial charge in [0.2, 0.25) is 5.91 Å². The van der Waals surface area contributed by atoms with Crippen LogP contribution in [-0.2, 0) is 4.79 Å². The Morgan fingerprint density at radius 1 is 1.18 bits per heavy atom. The number of benzene rings is 2. The fraction of sp³-hybridized carbons (Fsp3) is 0.370. The third kappa shape index (κ3) is 6.29. The molecule has 0 bridgehead atoms. The molecule has 0 atom stereocenters. The molecule has 4 rings (SSSR count). The number of aliphatic hydroxyl groups is 1. The highest BCUT2D eigenvalue weighted by molar-refractivity contribution is 7.80. The van der Waals surface area contributed by atoms with Crippen LogP contribution >= 0.6 is 12.2 Å². The Labute approximate surface area is 225 Å². The lowest BCUT2D eigenvalue weighted by Crippen LogP contribution is -2.39. The van der Waals surface area contributed by atoms with Gasteiger partial charge in [-0.15, -0.1) is 0 Å². The number of thiocarbonyl (C=S) groups is 1. The zero-order chi connectivity index (χ0) is 27.2. The molecule has 0 unspecified atom stereocenters. The second-order valence-electron chi connectivity index (χ2n) is 9.05. The minimum Gasteiger partial charge on any atom is -0.493 e. The van der Waals surface area contributed by atoms with Crippen molar-refractivity contribution < 1.29 is 28.5 Å². The number of halogens is 1. The van der Waals surface area contributed by atoms with Crippen molar-refractivity contribution in [3.63, 3.8) is 0 Å². The van der Waals surface area contributed by atoms with Crippen molar-refractivity contribution in [1.82, 2.24) is 9.88 Å². The number of aliphatic hydroxyl groups excluding tert-OH is 1. The highest BCUT2D eigenvalue weighted by atomic mass is 32.1. The number of hydrogen-bond acceptors (Lipinski definition) is 8. The number of piperidine rings is 1. The number of nitrogens with zero attached hydrogens (tertiary/aromatic N) is 3. The average molecular weight is 543 g/mol. The maximum absolute atomic E-state index is 14.9. The molecule has 202 valence electrons. The number of rotatable bonds is 9. The smallest absolute Gasteiger partial charge is 0.230 e. The van der Waals surface area contributed by atoms with E-state index in [0.29, 0.717) is 40.7 Å². The number of carbonyl (C=O) groups is 1. The van der Waals surface area contributed by atoms with Gasteiger partial charge in [0.15, 0.2) is 28.2 Å². The van der Waals surface area contributed by atoms with E-state index >= 15 is 0 Å². The van der Waals surface area contributed by atoms with Crippen LogP contribution in [0.15, 0.2) is 42.6 Å². The average Bonchev–Trinajstić information content (AvgIpc) is 2.90. The number of carbonyl (C=O) groups excluding carboxylic acids is 1. The number of hydrogen-bond donors (Lipinski definition) is 2. The van der Waals surface area contributed by atoms with E-state index in [2.05, 4.69) is 9.88 Å². The molecule has 0 radical (unpaired) electrons. The van der Waals surface area contributed by atoms with E-state index in [-0.39, 0.29) is 23.2 Å². The molecule has 0 aliphatic carbocycles. The third-order valence-electron chi connectivity index (χ3n) is 6.55. The first kappa shape index (κ1) is 27.5. The van der Waals surface area contributed by atoms with Crippen LogP contribution in [-0.4, -0.2) is 66.0 Å². The molecule has 9 nitrogen and oxygen atoms in total. The van der Waals surface area contributed by atoms with Crippen molar-refractivity contribution in [2.75, 3.05) is 44.9 Å². The summed E-state index contributed by atoms with van der Waals surface area (Å²) in [6, 6.07) is 9.19. The fourth-order valence-electron chi connectivity index (χ4n) is 4.46. The van der Waals surface area contributed by atoms with Gasteiger partial charge in [0.05, 0.1) is 18.3 Å². The molecule has 0 spiro atoms. The van der Waals surface area contributed by atoms with E-state index in [4.69, 9.17) is 32.2 Å². The summed E-state index contributed by atoms with van der Waals surface area (Å²) in [5, 5.41) is 9.75. The molecule has 11 heteroatoms. The molecule has 2 heterocycles. The molecule has 1 saturated heterocycles. The van der Waals surface area contributed by atoms with E-state index in [1.807, 2.05) is 0 Å². The summed E-state index contributed by atoms with van der Waals surface area (Å²) < 4.78 is 32.4. The van der Waals surface area contributed by atoms with Crippen molar-refractivity contribution in [3.8, 4) is 23.0 Å². The molecule has 3 aromatic rings. The van der Waals surface area contributed by atoms with Gasteiger partial charge in [-0.25, -0.2) is 4.39 Å².